The molecule has 5 heteroatoms. The monoisotopic (exact) mass is 281 g/mol. The standard InChI is InChI=1S/C15H27N3O2/c1-18(2)13(20)14(7-3-4-8-14)11-17-12(19)15(16)9-5-6-10-15/h3-11,16H2,1-2H3,(H,17,19). The van der Waals surface area contributed by atoms with Gasteiger partial charge in [0.05, 0.1) is 11.0 Å². The predicted octanol–water partition coefficient (Wildman–Crippen LogP) is 1.02. The molecule has 0 spiro atoms. The minimum Gasteiger partial charge on any atom is -0.353 e. The van der Waals surface area contributed by atoms with Crippen molar-refractivity contribution in [1.82, 2.24) is 10.2 Å². The van der Waals surface area contributed by atoms with Crippen LogP contribution in [0.5, 0.6) is 0 Å². The van der Waals surface area contributed by atoms with Crippen LogP contribution in [0.15, 0.2) is 0 Å². The highest BCUT2D eigenvalue weighted by atomic mass is 16.2. The van der Waals surface area contributed by atoms with E-state index < -0.39 is 11.0 Å². The van der Waals surface area contributed by atoms with E-state index in [-0.39, 0.29) is 11.8 Å². The van der Waals surface area contributed by atoms with E-state index in [1.54, 1.807) is 19.0 Å². The summed E-state index contributed by atoms with van der Waals surface area (Å²) in [7, 11) is 3.57. The molecule has 20 heavy (non-hydrogen) atoms. The second-order valence-corrected chi connectivity index (χ2v) is 6.73. The first-order valence-electron chi connectivity index (χ1n) is 7.69. The second-order valence-electron chi connectivity index (χ2n) is 6.73. The van der Waals surface area contributed by atoms with E-state index in [0.717, 1.165) is 51.4 Å². The molecule has 0 saturated heterocycles. The summed E-state index contributed by atoms with van der Waals surface area (Å²) < 4.78 is 0. The number of nitrogens with zero attached hydrogens (tertiary/aromatic N) is 1. The van der Waals surface area contributed by atoms with Gasteiger partial charge in [-0.25, -0.2) is 0 Å². The minimum atomic E-state index is -0.707. The van der Waals surface area contributed by atoms with Crippen molar-refractivity contribution in [3.63, 3.8) is 0 Å². The molecule has 0 atom stereocenters. The number of nitrogens with two attached hydrogens (primary N) is 1. The van der Waals surface area contributed by atoms with Crippen molar-refractivity contribution in [2.75, 3.05) is 20.6 Å². The summed E-state index contributed by atoms with van der Waals surface area (Å²) in [5, 5.41) is 2.97. The molecule has 0 aromatic rings. The summed E-state index contributed by atoms with van der Waals surface area (Å²) in [6, 6.07) is 0. The summed E-state index contributed by atoms with van der Waals surface area (Å²) in [4.78, 5) is 26.4. The third kappa shape index (κ3) is 2.82. The van der Waals surface area contributed by atoms with E-state index in [1.807, 2.05) is 0 Å². The Morgan fingerprint density at radius 3 is 2.05 bits per heavy atom. The average molecular weight is 281 g/mol. The fourth-order valence-electron chi connectivity index (χ4n) is 3.65. The van der Waals surface area contributed by atoms with Crippen molar-refractivity contribution in [3.8, 4) is 0 Å². The molecule has 0 heterocycles. The van der Waals surface area contributed by atoms with Crippen LogP contribution in [0.1, 0.15) is 51.4 Å². The Bertz CT molecular complexity index is 381. The predicted molar refractivity (Wildman–Crippen MR) is 78.0 cm³/mol. The molecule has 0 aromatic carbocycles. The number of hydrogen-bond donors (Lipinski definition) is 2. The van der Waals surface area contributed by atoms with Gasteiger partial charge in [-0.15, -0.1) is 0 Å². The Kier molecular flexibility index (Phi) is 4.37. The van der Waals surface area contributed by atoms with E-state index in [1.165, 1.54) is 0 Å². The molecule has 2 saturated carbocycles. The maximum absolute atomic E-state index is 12.4. The Morgan fingerprint density at radius 2 is 1.55 bits per heavy atom. The van der Waals surface area contributed by atoms with Crippen LogP contribution in [0.3, 0.4) is 0 Å². The quantitative estimate of drug-likeness (QED) is 0.808. The summed E-state index contributed by atoms with van der Waals surface area (Å²) in [6.45, 7) is 0.432. The molecule has 0 bridgehead atoms. The van der Waals surface area contributed by atoms with Gasteiger partial charge >= 0.3 is 0 Å². The molecule has 3 N–H and O–H groups in total. The number of carbonyl (C=O) groups is 2. The van der Waals surface area contributed by atoms with Crippen LogP contribution in [0.25, 0.3) is 0 Å². The number of nitrogens with one attached hydrogen (secondary N) is 1. The van der Waals surface area contributed by atoms with Crippen LogP contribution in [0.2, 0.25) is 0 Å². The highest BCUT2D eigenvalue weighted by molar-refractivity contribution is 5.88. The number of rotatable bonds is 4. The lowest BCUT2D eigenvalue weighted by atomic mass is 9.84. The highest BCUT2D eigenvalue weighted by Crippen LogP contribution is 2.39. The average Bonchev–Trinajstić information content (AvgIpc) is 3.05. The van der Waals surface area contributed by atoms with Crippen LogP contribution in [-0.2, 0) is 9.59 Å². The molecule has 5 nitrogen and oxygen atoms in total. The van der Waals surface area contributed by atoms with Gasteiger partial charge in [-0.05, 0) is 25.7 Å². The van der Waals surface area contributed by atoms with Crippen molar-refractivity contribution >= 4 is 11.8 Å². The summed E-state index contributed by atoms with van der Waals surface area (Å²) >= 11 is 0. The van der Waals surface area contributed by atoms with Crippen LogP contribution in [0.4, 0.5) is 0 Å². The van der Waals surface area contributed by atoms with Crippen LogP contribution in [-0.4, -0.2) is 42.9 Å². The van der Waals surface area contributed by atoms with Crippen molar-refractivity contribution in [3.05, 3.63) is 0 Å². The van der Waals surface area contributed by atoms with E-state index in [9.17, 15) is 9.59 Å². The molecule has 2 fully saturated rings. The fraction of sp³-hybridized carbons (Fsp3) is 0.867. The lowest BCUT2D eigenvalue weighted by Crippen LogP contribution is -2.55. The van der Waals surface area contributed by atoms with E-state index in [2.05, 4.69) is 5.32 Å². The Balaban J connectivity index is 1.99. The largest absolute Gasteiger partial charge is 0.353 e. The molecular formula is C15H27N3O2. The van der Waals surface area contributed by atoms with Gasteiger partial charge in [-0.3, -0.25) is 9.59 Å². The molecular weight excluding hydrogens is 254 g/mol. The van der Waals surface area contributed by atoms with Gasteiger partial charge in [0.2, 0.25) is 11.8 Å². The third-order valence-electron chi connectivity index (χ3n) is 4.96. The van der Waals surface area contributed by atoms with Gasteiger partial charge in [-0.1, -0.05) is 25.7 Å². The third-order valence-corrected chi connectivity index (χ3v) is 4.96. The molecule has 0 radical (unpaired) electrons. The van der Waals surface area contributed by atoms with E-state index in [4.69, 9.17) is 5.73 Å². The van der Waals surface area contributed by atoms with E-state index in [0.29, 0.717) is 6.54 Å². The van der Waals surface area contributed by atoms with Crippen molar-refractivity contribution in [2.24, 2.45) is 11.1 Å². The Labute approximate surface area is 121 Å². The van der Waals surface area contributed by atoms with Gasteiger partial charge < -0.3 is 16.0 Å². The molecule has 2 aliphatic rings. The summed E-state index contributed by atoms with van der Waals surface area (Å²) in [5.41, 5.74) is 5.04. The Hall–Kier alpha value is -1.10. The van der Waals surface area contributed by atoms with Crippen molar-refractivity contribution < 1.29 is 9.59 Å². The zero-order chi connectivity index (χ0) is 14.8. The van der Waals surface area contributed by atoms with E-state index >= 15 is 0 Å². The van der Waals surface area contributed by atoms with Crippen molar-refractivity contribution in [1.29, 1.82) is 0 Å². The molecule has 2 rings (SSSR count). The van der Waals surface area contributed by atoms with Crippen LogP contribution < -0.4 is 11.1 Å². The van der Waals surface area contributed by atoms with Gasteiger partial charge in [-0.2, -0.15) is 0 Å². The maximum atomic E-state index is 12.4. The first kappa shape index (κ1) is 15.3. The second kappa shape index (κ2) is 5.72. The molecule has 0 unspecified atom stereocenters. The van der Waals surface area contributed by atoms with Gasteiger partial charge in [0.25, 0.3) is 0 Å². The summed E-state index contributed by atoms with van der Waals surface area (Å²) in [5.74, 6) is 0.0561. The lowest BCUT2D eigenvalue weighted by Gasteiger charge is -2.32. The normalized spacial score (nSPS) is 23.6. The molecule has 0 aliphatic heterocycles. The van der Waals surface area contributed by atoms with Gasteiger partial charge in [0.1, 0.15) is 0 Å². The molecule has 114 valence electrons. The first-order chi connectivity index (χ1) is 9.40. The zero-order valence-corrected chi connectivity index (χ0v) is 12.7. The van der Waals surface area contributed by atoms with Crippen LogP contribution in [0, 0.1) is 5.41 Å². The number of carbonyl (C=O) groups excluding carboxylic acids is 2. The maximum Gasteiger partial charge on any atom is 0.240 e. The number of hydrogen-bond acceptors (Lipinski definition) is 3. The first-order valence-corrected chi connectivity index (χ1v) is 7.69. The zero-order valence-electron chi connectivity index (χ0n) is 12.7. The highest BCUT2D eigenvalue weighted by Gasteiger charge is 2.44. The smallest absolute Gasteiger partial charge is 0.240 e. The van der Waals surface area contributed by atoms with Crippen LogP contribution >= 0.6 is 0 Å². The lowest BCUT2D eigenvalue weighted by molar-refractivity contribution is -0.139. The van der Waals surface area contributed by atoms with Gasteiger partial charge in [0, 0.05) is 20.6 Å². The topological polar surface area (TPSA) is 75.4 Å². The molecule has 2 aliphatic carbocycles. The Morgan fingerprint density at radius 1 is 1.05 bits per heavy atom. The molecule has 2 amide bonds. The molecule has 0 aromatic heterocycles. The fourth-order valence-corrected chi connectivity index (χ4v) is 3.65. The minimum absolute atomic E-state index is 0.0761. The van der Waals surface area contributed by atoms with Gasteiger partial charge in [0.15, 0.2) is 0 Å². The SMILES string of the molecule is CN(C)C(=O)C1(CNC(=O)C2(N)CCCC2)CCCC1. The summed E-state index contributed by atoms with van der Waals surface area (Å²) in [6.07, 6.45) is 7.40. The number of amides is 2. The van der Waals surface area contributed by atoms with Crippen molar-refractivity contribution in [2.45, 2.75) is 56.9 Å².